The fraction of sp³-hybridized carbons (Fsp3) is 0.176. The van der Waals surface area contributed by atoms with Crippen LogP contribution in [0.5, 0.6) is 11.5 Å². The molecule has 23 heavy (non-hydrogen) atoms. The minimum absolute atomic E-state index is 0.150. The van der Waals surface area contributed by atoms with Crippen LogP contribution in [0.4, 0.5) is 0 Å². The zero-order chi connectivity index (χ0) is 16.2. The van der Waals surface area contributed by atoms with E-state index in [0.717, 1.165) is 11.1 Å². The molecular formula is C17H15ClN2O3. The summed E-state index contributed by atoms with van der Waals surface area (Å²) in [6.45, 7) is 2.14. The first-order chi connectivity index (χ1) is 11.2. The third-order valence-corrected chi connectivity index (χ3v) is 3.58. The fourth-order valence-corrected chi connectivity index (χ4v) is 2.32. The lowest BCUT2D eigenvalue weighted by Crippen LogP contribution is -1.98. The molecule has 0 aliphatic carbocycles. The summed E-state index contributed by atoms with van der Waals surface area (Å²) in [7, 11) is 1.60. The van der Waals surface area contributed by atoms with Crippen LogP contribution in [0.2, 0.25) is 5.02 Å². The SMILES string of the molecule is COc1cc(C)ccc1OCc1nc(-c2ccccc2Cl)no1. The number of methoxy groups -OCH3 is 1. The summed E-state index contributed by atoms with van der Waals surface area (Å²) in [6, 6.07) is 13.0. The van der Waals surface area contributed by atoms with Gasteiger partial charge in [-0.05, 0) is 36.8 Å². The third kappa shape index (κ3) is 3.46. The monoisotopic (exact) mass is 330 g/mol. The Morgan fingerprint density at radius 2 is 1.96 bits per heavy atom. The van der Waals surface area contributed by atoms with Crippen molar-refractivity contribution in [3.05, 3.63) is 58.9 Å². The van der Waals surface area contributed by atoms with Gasteiger partial charge in [0, 0.05) is 5.56 Å². The highest BCUT2D eigenvalue weighted by molar-refractivity contribution is 6.33. The standard InChI is InChI=1S/C17H15ClN2O3/c1-11-7-8-14(15(9-11)21-2)22-10-16-19-17(20-23-16)12-5-3-4-6-13(12)18/h3-9H,10H2,1-2H3. The maximum atomic E-state index is 6.13. The van der Waals surface area contributed by atoms with Crippen LogP contribution < -0.4 is 9.47 Å². The maximum absolute atomic E-state index is 6.13. The van der Waals surface area contributed by atoms with E-state index in [0.29, 0.717) is 28.2 Å². The van der Waals surface area contributed by atoms with Gasteiger partial charge in [0.2, 0.25) is 5.82 Å². The smallest absolute Gasteiger partial charge is 0.264 e. The lowest BCUT2D eigenvalue weighted by molar-refractivity contribution is 0.233. The van der Waals surface area contributed by atoms with E-state index in [1.54, 1.807) is 13.2 Å². The molecule has 1 aromatic heterocycles. The van der Waals surface area contributed by atoms with Gasteiger partial charge in [0.25, 0.3) is 5.89 Å². The van der Waals surface area contributed by atoms with Gasteiger partial charge in [0.15, 0.2) is 18.1 Å². The van der Waals surface area contributed by atoms with Crippen molar-refractivity contribution in [3.63, 3.8) is 0 Å². The number of hydrogen-bond donors (Lipinski definition) is 0. The molecule has 0 aliphatic heterocycles. The number of halogens is 1. The van der Waals surface area contributed by atoms with Crippen molar-refractivity contribution in [3.8, 4) is 22.9 Å². The van der Waals surface area contributed by atoms with Crippen molar-refractivity contribution in [2.75, 3.05) is 7.11 Å². The summed E-state index contributed by atoms with van der Waals surface area (Å²) in [5, 5.41) is 4.50. The van der Waals surface area contributed by atoms with Crippen LogP contribution in [-0.4, -0.2) is 17.3 Å². The Bertz CT molecular complexity index is 817. The minimum atomic E-state index is 0.150. The molecule has 3 rings (SSSR count). The van der Waals surface area contributed by atoms with Crippen LogP contribution in [0.15, 0.2) is 47.0 Å². The predicted molar refractivity (Wildman–Crippen MR) is 86.8 cm³/mol. The Morgan fingerprint density at radius 1 is 1.13 bits per heavy atom. The quantitative estimate of drug-likeness (QED) is 0.698. The van der Waals surface area contributed by atoms with Gasteiger partial charge < -0.3 is 14.0 Å². The van der Waals surface area contributed by atoms with Gasteiger partial charge in [-0.1, -0.05) is 35.0 Å². The Balaban J connectivity index is 1.74. The molecule has 3 aromatic rings. The van der Waals surface area contributed by atoms with Gasteiger partial charge in [0.1, 0.15) is 0 Å². The van der Waals surface area contributed by atoms with Gasteiger partial charge in [-0.15, -0.1) is 0 Å². The molecule has 0 aliphatic rings. The normalized spacial score (nSPS) is 10.6. The molecule has 0 saturated heterocycles. The summed E-state index contributed by atoms with van der Waals surface area (Å²) in [6.07, 6.45) is 0. The van der Waals surface area contributed by atoms with Crippen molar-refractivity contribution < 1.29 is 14.0 Å². The lowest BCUT2D eigenvalue weighted by Gasteiger charge is -2.09. The zero-order valence-electron chi connectivity index (χ0n) is 12.7. The van der Waals surface area contributed by atoms with Crippen molar-refractivity contribution in [2.45, 2.75) is 13.5 Å². The average molecular weight is 331 g/mol. The summed E-state index contributed by atoms with van der Waals surface area (Å²) < 4.78 is 16.2. The molecule has 0 atom stereocenters. The van der Waals surface area contributed by atoms with E-state index in [2.05, 4.69) is 10.1 Å². The molecule has 0 fully saturated rings. The topological polar surface area (TPSA) is 57.4 Å². The van der Waals surface area contributed by atoms with Crippen LogP contribution in [0, 0.1) is 6.92 Å². The van der Waals surface area contributed by atoms with Gasteiger partial charge in [0.05, 0.1) is 12.1 Å². The van der Waals surface area contributed by atoms with E-state index in [-0.39, 0.29) is 6.61 Å². The van der Waals surface area contributed by atoms with Gasteiger partial charge in [-0.3, -0.25) is 0 Å². The first-order valence-corrected chi connectivity index (χ1v) is 7.40. The van der Waals surface area contributed by atoms with Crippen LogP contribution >= 0.6 is 11.6 Å². The molecule has 5 nitrogen and oxygen atoms in total. The molecule has 0 bridgehead atoms. The van der Waals surface area contributed by atoms with Gasteiger partial charge in [-0.25, -0.2) is 0 Å². The molecule has 0 amide bonds. The largest absolute Gasteiger partial charge is 0.493 e. The van der Waals surface area contributed by atoms with Crippen LogP contribution in [0.25, 0.3) is 11.4 Å². The Labute approximate surface area is 138 Å². The number of hydrogen-bond acceptors (Lipinski definition) is 5. The lowest BCUT2D eigenvalue weighted by atomic mass is 10.2. The number of aryl methyl sites for hydroxylation is 1. The van der Waals surface area contributed by atoms with Crippen molar-refractivity contribution in [2.24, 2.45) is 0 Å². The van der Waals surface area contributed by atoms with E-state index in [1.807, 2.05) is 43.3 Å². The molecule has 118 valence electrons. The van der Waals surface area contributed by atoms with Gasteiger partial charge in [-0.2, -0.15) is 4.98 Å². The summed E-state index contributed by atoms with van der Waals surface area (Å²) in [5.74, 6) is 2.08. The highest BCUT2D eigenvalue weighted by Gasteiger charge is 2.13. The predicted octanol–water partition coefficient (Wildman–Crippen LogP) is 4.29. The first kappa shape index (κ1) is 15.4. The van der Waals surface area contributed by atoms with E-state index < -0.39 is 0 Å². The summed E-state index contributed by atoms with van der Waals surface area (Å²) >= 11 is 6.13. The molecule has 0 N–H and O–H groups in total. The summed E-state index contributed by atoms with van der Waals surface area (Å²) in [4.78, 5) is 4.30. The number of aromatic nitrogens is 2. The van der Waals surface area contributed by atoms with Crippen molar-refractivity contribution in [1.29, 1.82) is 0 Å². The molecule has 0 saturated carbocycles. The highest BCUT2D eigenvalue weighted by Crippen LogP contribution is 2.29. The van der Waals surface area contributed by atoms with E-state index >= 15 is 0 Å². The molecular weight excluding hydrogens is 316 g/mol. The fourth-order valence-electron chi connectivity index (χ4n) is 2.10. The van der Waals surface area contributed by atoms with E-state index in [1.165, 1.54) is 0 Å². The summed E-state index contributed by atoms with van der Waals surface area (Å²) in [5.41, 5.74) is 1.81. The van der Waals surface area contributed by atoms with Crippen LogP contribution in [0.1, 0.15) is 11.5 Å². The molecule has 0 spiro atoms. The Kier molecular flexibility index (Phi) is 4.48. The van der Waals surface area contributed by atoms with Crippen molar-refractivity contribution >= 4 is 11.6 Å². The Morgan fingerprint density at radius 3 is 2.74 bits per heavy atom. The molecule has 0 unspecified atom stereocenters. The highest BCUT2D eigenvalue weighted by atomic mass is 35.5. The second-order valence-corrected chi connectivity index (χ2v) is 5.34. The second kappa shape index (κ2) is 6.71. The number of rotatable bonds is 5. The third-order valence-electron chi connectivity index (χ3n) is 3.25. The minimum Gasteiger partial charge on any atom is -0.493 e. The molecule has 2 aromatic carbocycles. The van der Waals surface area contributed by atoms with E-state index in [9.17, 15) is 0 Å². The van der Waals surface area contributed by atoms with Crippen molar-refractivity contribution in [1.82, 2.24) is 10.1 Å². The van der Waals surface area contributed by atoms with Crippen LogP contribution in [-0.2, 0) is 6.61 Å². The number of nitrogens with zero attached hydrogens (tertiary/aromatic N) is 2. The zero-order valence-corrected chi connectivity index (χ0v) is 13.5. The Hall–Kier alpha value is -2.53. The molecule has 0 radical (unpaired) electrons. The maximum Gasteiger partial charge on any atom is 0.264 e. The van der Waals surface area contributed by atoms with Crippen LogP contribution in [0.3, 0.4) is 0 Å². The second-order valence-electron chi connectivity index (χ2n) is 4.93. The van der Waals surface area contributed by atoms with E-state index in [4.69, 9.17) is 25.6 Å². The first-order valence-electron chi connectivity index (χ1n) is 7.02. The molecule has 6 heteroatoms. The number of ether oxygens (including phenoxy) is 2. The molecule has 1 heterocycles. The van der Waals surface area contributed by atoms with Gasteiger partial charge >= 0.3 is 0 Å². The average Bonchev–Trinajstić information content (AvgIpc) is 3.02. The number of benzene rings is 2.